The largest absolute Gasteiger partial charge is 0.362 e. The molecule has 1 amide bonds. The van der Waals surface area contributed by atoms with E-state index in [1.54, 1.807) is 4.98 Å². The number of hydrogen-bond acceptors (Lipinski definition) is 5. The molecule has 3 N–H and O–H groups in total. The number of carbonyl (C=O) groups is 1. The smallest absolute Gasteiger partial charge is 0.354 e. The van der Waals surface area contributed by atoms with E-state index in [4.69, 9.17) is 0 Å². The van der Waals surface area contributed by atoms with Crippen molar-refractivity contribution >= 4 is 11.6 Å². The average Bonchev–Trinajstić information content (AvgIpc) is 2.14. The number of nitro groups is 1. The lowest BCUT2D eigenvalue weighted by molar-refractivity contribution is -0.386. The molecule has 0 saturated heterocycles. The number of amides is 1. The van der Waals surface area contributed by atoms with Crippen LogP contribution in [-0.2, 0) is 0 Å². The van der Waals surface area contributed by atoms with E-state index < -0.39 is 33.5 Å². The van der Waals surface area contributed by atoms with Crippen molar-refractivity contribution in [1.29, 1.82) is 0 Å². The molecule has 0 aliphatic rings. The highest BCUT2D eigenvalue weighted by Crippen LogP contribution is 2.06. The van der Waals surface area contributed by atoms with Gasteiger partial charge in [0.1, 0.15) is 0 Å². The molecule has 0 fully saturated rings. The zero-order valence-electron chi connectivity index (χ0n) is 7.49. The minimum absolute atomic E-state index is 0.670. The normalized spacial score (nSPS) is 9.67. The van der Waals surface area contributed by atoms with Gasteiger partial charge in [-0.15, -0.1) is 0 Å². The first-order chi connectivity index (χ1) is 6.97. The molecule has 9 heteroatoms. The number of hydrogen-bond donors (Lipinski definition) is 3. The van der Waals surface area contributed by atoms with Crippen LogP contribution in [0, 0.1) is 10.1 Å². The van der Waals surface area contributed by atoms with E-state index in [2.05, 4.69) is 5.32 Å². The predicted octanol–water partition coefficient (Wildman–Crippen LogP) is -1.67. The van der Waals surface area contributed by atoms with Crippen LogP contribution in [-0.4, -0.2) is 27.8 Å². The second-order valence-electron chi connectivity index (χ2n) is 2.47. The third-order valence-electron chi connectivity index (χ3n) is 1.55. The lowest BCUT2D eigenvalue weighted by Gasteiger charge is -1.99. The fourth-order valence-electron chi connectivity index (χ4n) is 0.943. The number of aromatic nitrogens is 2. The van der Waals surface area contributed by atoms with Crippen LogP contribution >= 0.6 is 0 Å². The summed E-state index contributed by atoms with van der Waals surface area (Å²) >= 11 is 0. The molecule has 0 radical (unpaired) electrons. The highest BCUT2D eigenvalue weighted by Gasteiger charge is 2.25. The zero-order valence-corrected chi connectivity index (χ0v) is 7.49. The Balaban J connectivity index is 3.61. The SMILES string of the molecule is CNC(=O)c1[nH]c(=O)[nH]c(=O)c1[N+](=O)[O-]. The summed E-state index contributed by atoms with van der Waals surface area (Å²) < 4.78 is 0. The van der Waals surface area contributed by atoms with E-state index in [-0.39, 0.29) is 0 Å². The van der Waals surface area contributed by atoms with Gasteiger partial charge in [-0.2, -0.15) is 0 Å². The van der Waals surface area contributed by atoms with Gasteiger partial charge in [-0.3, -0.25) is 29.7 Å². The van der Waals surface area contributed by atoms with Crippen molar-refractivity contribution in [3.8, 4) is 0 Å². The highest BCUT2D eigenvalue weighted by molar-refractivity contribution is 5.95. The summed E-state index contributed by atoms with van der Waals surface area (Å²) in [6.45, 7) is 0. The number of H-pyrrole nitrogens is 2. The zero-order chi connectivity index (χ0) is 11.6. The standard InChI is InChI=1S/C6H6N4O5/c1-7-4(11)2-3(10(14)15)5(12)9-6(13)8-2/h1H3,(H,7,11)(H2,8,9,12,13). The third kappa shape index (κ3) is 1.90. The molecule has 0 aliphatic carbocycles. The number of rotatable bonds is 2. The minimum Gasteiger partial charge on any atom is -0.354 e. The molecule has 15 heavy (non-hydrogen) atoms. The quantitative estimate of drug-likeness (QED) is 0.399. The van der Waals surface area contributed by atoms with Gasteiger partial charge in [-0.05, 0) is 0 Å². The first kappa shape index (κ1) is 10.6. The molecular formula is C6H6N4O5. The van der Waals surface area contributed by atoms with Crippen molar-refractivity contribution in [3.05, 3.63) is 36.6 Å². The summed E-state index contributed by atoms with van der Waals surface area (Å²) in [6, 6.07) is 0. The Bertz CT molecular complexity index is 527. The van der Waals surface area contributed by atoms with Gasteiger partial charge >= 0.3 is 16.9 Å². The lowest BCUT2D eigenvalue weighted by atomic mass is 10.3. The number of nitrogens with zero attached hydrogens (tertiary/aromatic N) is 1. The summed E-state index contributed by atoms with van der Waals surface area (Å²) in [5.41, 5.74) is -3.86. The van der Waals surface area contributed by atoms with Crippen molar-refractivity contribution in [3.63, 3.8) is 0 Å². The predicted molar refractivity (Wildman–Crippen MR) is 47.7 cm³/mol. The van der Waals surface area contributed by atoms with E-state index in [1.165, 1.54) is 7.05 Å². The molecule has 0 spiro atoms. The van der Waals surface area contributed by atoms with Crippen LogP contribution < -0.4 is 16.6 Å². The summed E-state index contributed by atoms with van der Waals surface area (Å²) in [5.74, 6) is -0.912. The van der Waals surface area contributed by atoms with Crippen molar-refractivity contribution in [2.24, 2.45) is 0 Å². The molecule has 1 aromatic heterocycles. The van der Waals surface area contributed by atoms with Crippen LogP contribution in [0.2, 0.25) is 0 Å². The van der Waals surface area contributed by atoms with Crippen molar-refractivity contribution in [2.45, 2.75) is 0 Å². The van der Waals surface area contributed by atoms with E-state index in [1.807, 2.05) is 4.98 Å². The Labute approximate surface area is 81.3 Å². The van der Waals surface area contributed by atoms with Crippen molar-refractivity contribution < 1.29 is 9.72 Å². The molecule has 0 unspecified atom stereocenters. The molecule has 1 heterocycles. The number of aromatic amines is 2. The van der Waals surface area contributed by atoms with E-state index in [9.17, 15) is 24.5 Å². The molecule has 9 nitrogen and oxygen atoms in total. The Kier molecular flexibility index (Phi) is 2.65. The van der Waals surface area contributed by atoms with Crippen LogP contribution in [0.25, 0.3) is 0 Å². The van der Waals surface area contributed by atoms with Gasteiger partial charge in [-0.1, -0.05) is 0 Å². The maximum absolute atomic E-state index is 11.1. The van der Waals surface area contributed by atoms with E-state index in [0.717, 1.165) is 0 Å². The molecule has 1 aromatic rings. The molecule has 1 rings (SSSR count). The molecule has 0 bridgehead atoms. The van der Waals surface area contributed by atoms with Gasteiger partial charge in [0.25, 0.3) is 5.91 Å². The summed E-state index contributed by atoms with van der Waals surface area (Å²) in [7, 11) is 1.21. The minimum atomic E-state index is -1.22. The molecule has 80 valence electrons. The van der Waals surface area contributed by atoms with Crippen LogP contribution in [0.15, 0.2) is 9.59 Å². The Morgan fingerprint density at radius 3 is 2.47 bits per heavy atom. The second kappa shape index (κ2) is 3.74. The van der Waals surface area contributed by atoms with Crippen molar-refractivity contribution in [2.75, 3.05) is 7.05 Å². The lowest BCUT2D eigenvalue weighted by Crippen LogP contribution is -2.32. The summed E-state index contributed by atoms with van der Waals surface area (Å²) in [4.78, 5) is 45.9. The van der Waals surface area contributed by atoms with Gasteiger partial charge in [0.05, 0.1) is 4.92 Å². The van der Waals surface area contributed by atoms with Gasteiger partial charge in [0.2, 0.25) is 0 Å². The van der Waals surface area contributed by atoms with E-state index >= 15 is 0 Å². The van der Waals surface area contributed by atoms with E-state index in [0.29, 0.717) is 0 Å². The summed E-state index contributed by atoms with van der Waals surface area (Å²) in [6.07, 6.45) is 0. The molecule has 0 saturated carbocycles. The maximum Gasteiger partial charge on any atom is 0.362 e. The van der Waals surface area contributed by atoms with Crippen LogP contribution in [0.4, 0.5) is 5.69 Å². The Morgan fingerprint density at radius 2 is 2.00 bits per heavy atom. The number of carbonyl (C=O) groups excluding carboxylic acids is 1. The van der Waals surface area contributed by atoms with Crippen molar-refractivity contribution in [1.82, 2.24) is 15.3 Å². The fraction of sp³-hybridized carbons (Fsp3) is 0.167. The highest BCUT2D eigenvalue weighted by atomic mass is 16.6. The topological polar surface area (TPSA) is 138 Å². The molecule has 0 atom stereocenters. The number of nitrogens with one attached hydrogen (secondary N) is 3. The average molecular weight is 214 g/mol. The van der Waals surface area contributed by atoms with Crippen LogP contribution in [0.3, 0.4) is 0 Å². The van der Waals surface area contributed by atoms with Gasteiger partial charge in [0.15, 0.2) is 5.69 Å². The summed E-state index contributed by atoms with van der Waals surface area (Å²) in [5, 5.41) is 12.5. The Morgan fingerprint density at radius 1 is 1.40 bits per heavy atom. The second-order valence-corrected chi connectivity index (χ2v) is 2.47. The third-order valence-corrected chi connectivity index (χ3v) is 1.55. The van der Waals surface area contributed by atoms with Gasteiger partial charge in [0, 0.05) is 7.05 Å². The Hall–Kier alpha value is -2.45. The van der Waals surface area contributed by atoms with Gasteiger partial charge < -0.3 is 5.32 Å². The van der Waals surface area contributed by atoms with Crippen LogP contribution in [0.1, 0.15) is 10.5 Å². The monoisotopic (exact) mass is 214 g/mol. The fourth-order valence-corrected chi connectivity index (χ4v) is 0.943. The maximum atomic E-state index is 11.1. The molecule has 0 aromatic carbocycles. The first-order valence-electron chi connectivity index (χ1n) is 3.70. The van der Waals surface area contributed by atoms with Crippen LogP contribution in [0.5, 0.6) is 0 Å². The molecule has 0 aliphatic heterocycles. The van der Waals surface area contributed by atoms with Gasteiger partial charge in [-0.25, -0.2) is 4.79 Å². The molecular weight excluding hydrogens is 208 g/mol. The first-order valence-corrected chi connectivity index (χ1v) is 3.70.